The minimum atomic E-state index is -0.100. The zero-order chi connectivity index (χ0) is 19.3. The zero-order valence-corrected chi connectivity index (χ0v) is 15.3. The van der Waals surface area contributed by atoms with Crippen LogP contribution in [0.4, 0.5) is 5.69 Å². The number of amides is 2. The molecule has 0 radical (unpaired) electrons. The summed E-state index contributed by atoms with van der Waals surface area (Å²) in [6.45, 7) is 1.09. The quantitative estimate of drug-likeness (QED) is 0.733. The predicted octanol–water partition coefficient (Wildman–Crippen LogP) is 2.96. The van der Waals surface area contributed by atoms with Gasteiger partial charge in [-0.3, -0.25) is 19.7 Å². The van der Waals surface area contributed by atoms with Gasteiger partial charge >= 0.3 is 0 Å². The number of nitrogens with one attached hydrogen (secondary N) is 2. The van der Waals surface area contributed by atoms with E-state index < -0.39 is 0 Å². The third-order valence-electron chi connectivity index (χ3n) is 4.93. The highest BCUT2D eigenvalue weighted by molar-refractivity contribution is 5.94. The molecule has 1 fully saturated rings. The number of rotatable bonds is 4. The number of aromatic amines is 1. The van der Waals surface area contributed by atoms with Crippen LogP contribution in [-0.2, 0) is 4.79 Å². The van der Waals surface area contributed by atoms with Crippen LogP contribution >= 0.6 is 0 Å². The second-order valence-electron chi connectivity index (χ2n) is 6.80. The molecule has 0 bridgehead atoms. The molecule has 0 spiro atoms. The average Bonchev–Trinajstić information content (AvgIpc) is 3.25. The Balaban J connectivity index is 1.34. The van der Waals surface area contributed by atoms with Gasteiger partial charge in [0, 0.05) is 30.9 Å². The Morgan fingerprint density at radius 3 is 2.46 bits per heavy atom. The molecule has 0 saturated carbocycles. The molecule has 2 N–H and O–H groups in total. The zero-order valence-electron chi connectivity index (χ0n) is 15.3. The van der Waals surface area contributed by atoms with Gasteiger partial charge in [0.1, 0.15) is 11.4 Å². The van der Waals surface area contributed by atoms with E-state index >= 15 is 0 Å². The molecule has 3 aromatic rings. The van der Waals surface area contributed by atoms with Crippen molar-refractivity contribution >= 4 is 17.5 Å². The smallest absolute Gasteiger partial charge is 0.271 e. The molecule has 7 nitrogen and oxygen atoms in total. The van der Waals surface area contributed by atoms with Gasteiger partial charge in [-0.05, 0) is 43.2 Å². The van der Waals surface area contributed by atoms with Crippen LogP contribution in [0.3, 0.4) is 0 Å². The number of piperidine rings is 1. The van der Waals surface area contributed by atoms with Gasteiger partial charge in [0.25, 0.3) is 5.91 Å². The van der Waals surface area contributed by atoms with Crippen molar-refractivity contribution in [2.75, 3.05) is 18.4 Å². The van der Waals surface area contributed by atoms with Gasteiger partial charge in [0.2, 0.25) is 5.91 Å². The first-order valence-electron chi connectivity index (χ1n) is 9.33. The van der Waals surface area contributed by atoms with Gasteiger partial charge in [0.15, 0.2) is 0 Å². The van der Waals surface area contributed by atoms with Gasteiger partial charge < -0.3 is 10.2 Å². The fourth-order valence-corrected chi connectivity index (χ4v) is 3.36. The number of para-hydroxylation sites is 1. The summed E-state index contributed by atoms with van der Waals surface area (Å²) in [5.41, 5.74) is 2.59. The number of likely N-dealkylation sites (tertiary alicyclic amines) is 1. The molecule has 2 aromatic heterocycles. The minimum absolute atomic E-state index is 0.0114. The van der Waals surface area contributed by atoms with Gasteiger partial charge in [-0.15, -0.1) is 0 Å². The van der Waals surface area contributed by atoms with Crippen LogP contribution in [-0.4, -0.2) is 45.0 Å². The molecular weight excluding hydrogens is 354 g/mol. The van der Waals surface area contributed by atoms with E-state index in [9.17, 15) is 9.59 Å². The topological polar surface area (TPSA) is 91.0 Å². The van der Waals surface area contributed by atoms with Crippen molar-refractivity contribution in [1.29, 1.82) is 0 Å². The number of aromatic nitrogens is 3. The van der Waals surface area contributed by atoms with Crippen molar-refractivity contribution in [3.05, 3.63) is 66.5 Å². The van der Waals surface area contributed by atoms with Gasteiger partial charge in [-0.25, -0.2) is 0 Å². The third kappa shape index (κ3) is 3.93. The van der Waals surface area contributed by atoms with Crippen molar-refractivity contribution in [1.82, 2.24) is 20.1 Å². The average molecular weight is 375 g/mol. The van der Waals surface area contributed by atoms with Crippen LogP contribution in [0.15, 0.2) is 60.8 Å². The van der Waals surface area contributed by atoms with Gasteiger partial charge in [-0.1, -0.05) is 24.3 Å². The highest BCUT2D eigenvalue weighted by atomic mass is 16.2. The molecule has 1 saturated heterocycles. The van der Waals surface area contributed by atoms with E-state index in [1.165, 1.54) is 0 Å². The summed E-state index contributed by atoms with van der Waals surface area (Å²) in [5.74, 6) is -0.177. The van der Waals surface area contributed by atoms with Crippen molar-refractivity contribution in [3.63, 3.8) is 0 Å². The number of pyridine rings is 1. The van der Waals surface area contributed by atoms with E-state index in [0.29, 0.717) is 43.0 Å². The second-order valence-corrected chi connectivity index (χ2v) is 6.80. The molecule has 1 aromatic carbocycles. The monoisotopic (exact) mass is 375 g/mol. The largest absolute Gasteiger partial charge is 0.337 e. The molecule has 3 heterocycles. The fourth-order valence-electron chi connectivity index (χ4n) is 3.36. The van der Waals surface area contributed by atoms with Gasteiger partial charge in [-0.2, -0.15) is 5.10 Å². The molecule has 28 heavy (non-hydrogen) atoms. The van der Waals surface area contributed by atoms with E-state index in [0.717, 1.165) is 5.69 Å². The molecule has 2 amide bonds. The number of anilines is 1. The first kappa shape index (κ1) is 17.9. The van der Waals surface area contributed by atoms with Crippen LogP contribution in [0, 0.1) is 5.92 Å². The summed E-state index contributed by atoms with van der Waals surface area (Å²) in [6, 6.07) is 16.7. The number of benzene rings is 1. The number of hydrogen-bond donors (Lipinski definition) is 2. The minimum Gasteiger partial charge on any atom is -0.337 e. The maximum absolute atomic E-state index is 12.7. The van der Waals surface area contributed by atoms with Crippen LogP contribution in [0.1, 0.15) is 23.3 Å². The Kier molecular flexibility index (Phi) is 5.14. The summed E-state index contributed by atoms with van der Waals surface area (Å²) >= 11 is 0. The summed E-state index contributed by atoms with van der Waals surface area (Å²) in [5, 5.41) is 9.94. The van der Waals surface area contributed by atoms with Crippen molar-refractivity contribution in [2.45, 2.75) is 12.8 Å². The SMILES string of the molecule is O=C(Nc1ccccc1)C1CCN(C(=O)c2cc(-c3ccccn3)n[nH]2)CC1. The molecule has 0 unspecified atom stereocenters. The predicted molar refractivity (Wildman–Crippen MR) is 106 cm³/mol. The number of carbonyl (C=O) groups excluding carboxylic acids is 2. The molecule has 4 rings (SSSR count). The van der Waals surface area contributed by atoms with Crippen molar-refractivity contribution in [3.8, 4) is 11.4 Å². The second kappa shape index (κ2) is 8.04. The lowest BCUT2D eigenvalue weighted by Gasteiger charge is -2.31. The Hall–Kier alpha value is -3.48. The van der Waals surface area contributed by atoms with Crippen molar-refractivity contribution < 1.29 is 9.59 Å². The van der Waals surface area contributed by atoms with E-state index in [1.807, 2.05) is 48.5 Å². The van der Waals surface area contributed by atoms with E-state index in [2.05, 4.69) is 20.5 Å². The van der Waals surface area contributed by atoms with Crippen LogP contribution in [0.5, 0.6) is 0 Å². The Morgan fingerprint density at radius 2 is 1.75 bits per heavy atom. The maximum Gasteiger partial charge on any atom is 0.271 e. The molecule has 142 valence electrons. The fraction of sp³-hybridized carbons (Fsp3) is 0.238. The van der Waals surface area contributed by atoms with Crippen LogP contribution < -0.4 is 5.32 Å². The molecule has 1 aliphatic heterocycles. The number of carbonyl (C=O) groups is 2. The highest BCUT2D eigenvalue weighted by Crippen LogP contribution is 2.22. The lowest BCUT2D eigenvalue weighted by Crippen LogP contribution is -2.41. The molecular formula is C21H21N5O2. The standard InChI is InChI=1S/C21H21N5O2/c27-20(23-16-6-2-1-3-7-16)15-9-12-26(13-10-15)21(28)19-14-18(24-25-19)17-8-4-5-11-22-17/h1-8,11,14-15H,9-10,12-13H2,(H,23,27)(H,24,25). The maximum atomic E-state index is 12.7. The first-order chi connectivity index (χ1) is 13.7. The number of nitrogens with zero attached hydrogens (tertiary/aromatic N) is 3. The van der Waals surface area contributed by atoms with Gasteiger partial charge in [0.05, 0.1) is 5.69 Å². The number of hydrogen-bond acceptors (Lipinski definition) is 4. The summed E-state index contributed by atoms with van der Waals surface area (Å²) in [4.78, 5) is 31.2. The molecule has 7 heteroatoms. The van der Waals surface area contributed by atoms with E-state index in [1.54, 1.807) is 17.2 Å². The number of H-pyrrole nitrogens is 1. The van der Waals surface area contributed by atoms with E-state index in [4.69, 9.17) is 0 Å². The summed E-state index contributed by atoms with van der Waals surface area (Å²) < 4.78 is 0. The van der Waals surface area contributed by atoms with Crippen molar-refractivity contribution in [2.24, 2.45) is 5.92 Å². The third-order valence-corrected chi connectivity index (χ3v) is 4.93. The Bertz CT molecular complexity index is 947. The first-order valence-corrected chi connectivity index (χ1v) is 9.33. The lowest BCUT2D eigenvalue weighted by molar-refractivity contribution is -0.121. The normalized spacial score (nSPS) is 14.6. The molecule has 0 aliphatic carbocycles. The lowest BCUT2D eigenvalue weighted by atomic mass is 9.95. The highest BCUT2D eigenvalue weighted by Gasteiger charge is 2.28. The van der Waals surface area contributed by atoms with E-state index in [-0.39, 0.29) is 17.7 Å². The summed E-state index contributed by atoms with van der Waals surface area (Å²) in [7, 11) is 0. The molecule has 1 aliphatic rings. The summed E-state index contributed by atoms with van der Waals surface area (Å²) in [6.07, 6.45) is 2.98. The van der Waals surface area contributed by atoms with Crippen LogP contribution in [0.25, 0.3) is 11.4 Å². The Labute approximate surface area is 162 Å². The Morgan fingerprint density at radius 1 is 1.00 bits per heavy atom. The molecule has 0 atom stereocenters. The van der Waals surface area contributed by atoms with Crippen LogP contribution in [0.2, 0.25) is 0 Å².